The van der Waals surface area contributed by atoms with Crippen LogP contribution in [0.3, 0.4) is 0 Å². The van der Waals surface area contributed by atoms with E-state index in [2.05, 4.69) is 0 Å². The fourth-order valence-electron chi connectivity index (χ4n) is 1.09. The van der Waals surface area contributed by atoms with E-state index in [4.69, 9.17) is 16.3 Å². The zero-order valence-electron chi connectivity index (χ0n) is 7.64. The van der Waals surface area contributed by atoms with Crippen molar-refractivity contribution >= 4 is 29.2 Å². The maximum Gasteiger partial charge on any atom is 0.160 e. The van der Waals surface area contributed by atoms with Gasteiger partial charge in [0.1, 0.15) is 11.5 Å². The number of thiophene rings is 1. The maximum absolute atomic E-state index is 10.5. The number of benzene rings is 1. The zero-order chi connectivity index (χ0) is 10.7. The minimum Gasteiger partial charge on any atom is -0.456 e. The summed E-state index contributed by atoms with van der Waals surface area (Å²) < 4.78 is 5.51. The number of carbonyl (C=O) groups is 1. The summed E-state index contributed by atoms with van der Waals surface area (Å²) in [6.45, 7) is 0. The predicted octanol–water partition coefficient (Wildman–Crippen LogP) is 4.01. The molecule has 0 unspecified atom stereocenters. The maximum atomic E-state index is 10.5. The molecule has 0 fully saturated rings. The second kappa shape index (κ2) is 4.47. The molecule has 0 bridgehead atoms. The molecule has 0 spiro atoms. The van der Waals surface area contributed by atoms with E-state index in [1.165, 1.54) is 11.3 Å². The predicted molar refractivity (Wildman–Crippen MR) is 61.2 cm³/mol. The highest BCUT2D eigenvalue weighted by Crippen LogP contribution is 2.26. The molecule has 0 radical (unpaired) electrons. The number of hydrogen-bond donors (Lipinski definition) is 0. The first kappa shape index (κ1) is 10.2. The molecule has 4 heteroatoms. The Morgan fingerprint density at radius 1 is 1.20 bits per heavy atom. The molecule has 0 saturated heterocycles. The number of ether oxygens (including phenoxy) is 1. The summed E-state index contributed by atoms with van der Waals surface area (Å²) in [5.41, 5.74) is 0. The highest BCUT2D eigenvalue weighted by Gasteiger charge is 2.01. The summed E-state index contributed by atoms with van der Waals surface area (Å²) in [6, 6.07) is 8.77. The van der Waals surface area contributed by atoms with Crippen molar-refractivity contribution < 1.29 is 9.53 Å². The van der Waals surface area contributed by atoms with Gasteiger partial charge in [0.05, 0.1) is 4.88 Å². The van der Waals surface area contributed by atoms with E-state index in [0.717, 1.165) is 6.29 Å². The van der Waals surface area contributed by atoms with Gasteiger partial charge in [-0.05, 0) is 24.3 Å². The van der Waals surface area contributed by atoms with Gasteiger partial charge in [0, 0.05) is 16.5 Å². The van der Waals surface area contributed by atoms with Gasteiger partial charge in [0.15, 0.2) is 6.29 Å². The molecule has 2 nitrogen and oxygen atoms in total. The Morgan fingerprint density at radius 2 is 1.93 bits per heavy atom. The van der Waals surface area contributed by atoms with Crippen LogP contribution in [0, 0.1) is 0 Å². The second-order valence-electron chi connectivity index (χ2n) is 2.86. The average Bonchev–Trinajstić information content (AvgIpc) is 2.69. The lowest BCUT2D eigenvalue weighted by Gasteiger charge is -2.01. The molecule has 0 atom stereocenters. The average molecular weight is 239 g/mol. The van der Waals surface area contributed by atoms with Crippen LogP contribution < -0.4 is 4.74 Å². The Bertz CT molecular complexity index is 462. The van der Waals surface area contributed by atoms with Gasteiger partial charge in [0.25, 0.3) is 0 Å². The number of aldehydes is 1. The zero-order valence-corrected chi connectivity index (χ0v) is 9.22. The van der Waals surface area contributed by atoms with Gasteiger partial charge < -0.3 is 4.74 Å². The standard InChI is InChI=1S/C11H7ClO2S/c12-8-1-3-9(4-2-8)14-10-5-11(6-13)15-7-10/h1-7H. The Kier molecular flexibility index (Phi) is 3.04. The van der Waals surface area contributed by atoms with Crippen molar-refractivity contribution in [2.24, 2.45) is 0 Å². The molecule has 1 aromatic carbocycles. The van der Waals surface area contributed by atoms with Gasteiger partial charge >= 0.3 is 0 Å². The summed E-state index contributed by atoms with van der Waals surface area (Å²) >= 11 is 7.09. The van der Waals surface area contributed by atoms with Crippen molar-refractivity contribution in [2.75, 3.05) is 0 Å². The molecule has 0 aliphatic carbocycles. The summed E-state index contributed by atoms with van der Waals surface area (Å²) in [4.78, 5) is 11.1. The van der Waals surface area contributed by atoms with Gasteiger partial charge in [-0.25, -0.2) is 0 Å². The summed E-state index contributed by atoms with van der Waals surface area (Å²) in [6.07, 6.45) is 0.805. The van der Waals surface area contributed by atoms with E-state index in [0.29, 0.717) is 21.4 Å². The third-order valence-electron chi connectivity index (χ3n) is 1.76. The van der Waals surface area contributed by atoms with Crippen LogP contribution in [0.15, 0.2) is 35.7 Å². The van der Waals surface area contributed by atoms with E-state index < -0.39 is 0 Å². The van der Waals surface area contributed by atoms with Crippen molar-refractivity contribution in [2.45, 2.75) is 0 Å². The normalized spacial score (nSPS) is 9.93. The number of carbonyl (C=O) groups excluding carboxylic acids is 1. The molecule has 15 heavy (non-hydrogen) atoms. The summed E-state index contributed by atoms with van der Waals surface area (Å²) in [7, 11) is 0. The molecule has 2 aromatic rings. The lowest BCUT2D eigenvalue weighted by atomic mass is 10.3. The van der Waals surface area contributed by atoms with E-state index in [1.807, 2.05) is 0 Å². The fourth-order valence-corrected chi connectivity index (χ4v) is 1.82. The third kappa shape index (κ3) is 2.58. The van der Waals surface area contributed by atoms with E-state index in [-0.39, 0.29) is 0 Å². The monoisotopic (exact) mass is 238 g/mol. The summed E-state index contributed by atoms with van der Waals surface area (Å²) in [5.74, 6) is 1.37. The third-order valence-corrected chi connectivity index (χ3v) is 2.85. The van der Waals surface area contributed by atoms with Crippen LogP contribution in [-0.2, 0) is 0 Å². The lowest BCUT2D eigenvalue weighted by Crippen LogP contribution is -1.80. The van der Waals surface area contributed by atoms with Crippen molar-refractivity contribution in [3.05, 3.63) is 45.6 Å². The van der Waals surface area contributed by atoms with E-state index in [9.17, 15) is 4.79 Å². The van der Waals surface area contributed by atoms with Crippen molar-refractivity contribution in [3.63, 3.8) is 0 Å². The first-order valence-electron chi connectivity index (χ1n) is 4.25. The van der Waals surface area contributed by atoms with Crippen LogP contribution in [-0.4, -0.2) is 6.29 Å². The minimum absolute atomic E-state index is 0.652. The van der Waals surface area contributed by atoms with Crippen molar-refractivity contribution in [1.82, 2.24) is 0 Å². The van der Waals surface area contributed by atoms with E-state index >= 15 is 0 Å². The Morgan fingerprint density at radius 3 is 2.53 bits per heavy atom. The van der Waals surface area contributed by atoms with Crippen molar-refractivity contribution in [1.29, 1.82) is 0 Å². The molecule has 1 heterocycles. The smallest absolute Gasteiger partial charge is 0.160 e. The number of halogens is 1. The van der Waals surface area contributed by atoms with Gasteiger partial charge in [-0.2, -0.15) is 0 Å². The van der Waals surface area contributed by atoms with Crippen molar-refractivity contribution in [3.8, 4) is 11.5 Å². The van der Waals surface area contributed by atoms with Crippen LogP contribution in [0.5, 0.6) is 11.5 Å². The van der Waals surface area contributed by atoms with Crippen LogP contribution in [0.25, 0.3) is 0 Å². The van der Waals surface area contributed by atoms with E-state index in [1.54, 1.807) is 35.7 Å². The largest absolute Gasteiger partial charge is 0.456 e. The van der Waals surface area contributed by atoms with Crippen LogP contribution >= 0.6 is 22.9 Å². The molecule has 0 amide bonds. The molecule has 0 aliphatic heterocycles. The number of rotatable bonds is 3. The Balaban J connectivity index is 2.14. The second-order valence-corrected chi connectivity index (χ2v) is 4.24. The Hall–Kier alpha value is -1.32. The molecule has 0 aliphatic rings. The molecular weight excluding hydrogens is 232 g/mol. The molecule has 0 saturated carbocycles. The summed E-state index contributed by atoms with van der Waals surface area (Å²) in [5, 5.41) is 2.46. The first-order valence-corrected chi connectivity index (χ1v) is 5.51. The lowest BCUT2D eigenvalue weighted by molar-refractivity contribution is 0.112. The quantitative estimate of drug-likeness (QED) is 0.756. The van der Waals surface area contributed by atoms with Gasteiger partial charge in [0.2, 0.25) is 0 Å². The van der Waals surface area contributed by atoms with Crippen LogP contribution in [0.4, 0.5) is 0 Å². The van der Waals surface area contributed by atoms with Crippen LogP contribution in [0.2, 0.25) is 5.02 Å². The minimum atomic E-state index is 0.652. The SMILES string of the molecule is O=Cc1cc(Oc2ccc(Cl)cc2)cs1. The fraction of sp³-hybridized carbons (Fsp3) is 0. The Labute approximate surface area is 96.1 Å². The number of hydrogen-bond acceptors (Lipinski definition) is 3. The highest BCUT2D eigenvalue weighted by atomic mass is 35.5. The molecular formula is C11H7ClO2S. The highest BCUT2D eigenvalue weighted by molar-refractivity contribution is 7.11. The molecule has 76 valence electrons. The van der Waals surface area contributed by atoms with Gasteiger partial charge in [-0.3, -0.25) is 4.79 Å². The molecule has 2 rings (SSSR count). The van der Waals surface area contributed by atoms with Gasteiger partial charge in [-0.15, -0.1) is 11.3 Å². The molecule has 0 N–H and O–H groups in total. The van der Waals surface area contributed by atoms with Crippen LogP contribution in [0.1, 0.15) is 9.67 Å². The molecule has 1 aromatic heterocycles. The van der Waals surface area contributed by atoms with Gasteiger partial charge in [-0.1, -0.05) is 11.6 Å². The topological polar surface area (TPSA) is 26.3 Å². The first-order chi connectivity index (χ1) is 7.28.